The molecule has 1 fully saturated rings. The largest absolute Gasteiger partial charge is 0.358 e. The molecule has 2 amide bonds. The number of likely N-dealkylation sites (N-methyl/N-ethyl adjacent to an activating group) is 1. The average Bonchev–Trinajstić information content (AvgIpc) is 3.22. The summed E-state index contributed by atoms with van der Waals surface area (Å²) in [5.41, 5.74) is 4.82. The molecule has 31 heavy (non-hydrogen) atoms. The maximum atomic E-state index is 13.4. The van der Waals surface area contributed by atoms with E-state index in [0.717, 1.165) is 40.8 Å². The number of para-hydroxylation sites is 1. The van der Waals surface area contributed by atoms with Crippen LogP contribution in [-0.4, -0.2) is 71.3 Å². The van der Waals surface area contributed by atoms with Gasteiger partial charge in [0.2, 0.25) is 5.91 Å². The van der Waals surface area contributed by atoms with Gasteiger partial charge in [-0.3, -0.25) is 9.59 Å². The van der Waals surface area contributed by atoms with Gasteiger partial charge in [-0.15, -0.1) is 12.4 Å². The Hall–Kier alpha value is -2.83. The van der Waals surface area contributed by atoms with E-state index < -0.39 is 0 Å². The van der Waals surface area contributed by atoms with Crippen molar-refractivity contribution in [1.82, 2.24) is 19.7 Å². The van der Waals surface area contributed by atoms with Crippen LogP contribution in [0.25, 0.3) is 10.9 Å². The molecule has 2 aliphatic rings. The van der Waals surface area contributed by atoms with Crippen molar-refractivity contribution in [3.63, 3.8) is 0 Å². The lowest BCUT2D eigenvalue weighted by Crippen LogP contribution is -2.50. The van der Waals surface area contributed by atoms with Crippen molar-refractivity contribution in [3.8, 4) is 0 Å². The Bertz CT molecular complexity index is 1130. The number of hydrogen-bond donors (Lipinski definition) is 1. The Morgan fingerprint density at radius 2 is 1.71 bits per heavy atom. The number of aryl methyl sites for hydroxylation is 1. The molecule has 5 rings (SSSR count). The van der Waals surface area contributed by atoms with Gasteiger partial charge in [-0.05, 0) is 31.7 Å². The van der Waals surface area contributed by atoms with E-state index in [9.17, 15) is 9.59 Å². The van der Waals surface area contributed by atoms with Crippen molar-refractivity contribution < 1.29 is 9.59 Å². The zero-order valence-corrected chi connectivity index (χ0v) is 18.6. The molecule has 1 N–H and O–H groups in total. The Kier molecular flexibility index (Phi) is 5.77. The molecule has 162 valence electrons. The third-order valence-corrected chi connectivity index (χ3v) is 6.44. The molecule has 1 unspecified atom stereocenters. The van der Waals surface area contributed by atoms with Gasteiger partial charge in [0.15, 0.2) is 0 Å². The van der Waals surface area contributed by atoms with E-state index in [2.05, 4.69) is 23.0 Å². The van der Waals surface area contributed by atoms with Crippen LogP contribution in [0.3, 0.4) is 0 Å². The van der Waals surface area contributed by atoms with Gasteiger partial charge in [0, 0.05) is 53.9 Å². The first kappa shape index (κ1) is 21.4. The third kappa shape index (κ3) is 3.60. The van der Waals surface area contributed by atoms with Gasteiger partial charge in [-0.25, -0.2) is 0 Å². The molecule has 3 heterocycles. The highest BCUT2D eigenvalue weighted by Gasteiger charge is 2.41. The Morgan fingerprint density at radius 3 is 2.48 bits per heavy atom. The zero-order chi connectivity index (χ0) is 20.8. The molecule has 1 atom stereocenters. The summed E-state index contributed by atoms with van der Waals surface area (Å²) < 4.78 is 0. The highest BCUT2D eigenvalue weighted by atomic mass is 35.5. The van der Waals surface area contributed by atoms with E-state index in [0.29, 0.717) is 18.7 Å². The van der Waals surface area contributed by atoms with Crippen molar-refractivity contribution in [2.45, 2.75) is 13.0 Å². The minimum Gasteiger partial charge on any atom is -0.358 e. The summed E-state index contributed by atoms with van der Waals surface area (Å²) in [4.78, 5) is 35.8. The number of rotatable bonds is 3. The number of nitrogens with one attached hydrogen (secondary N) is 1. The number of aromatic nitrogens is 1. The monoisotopic (exact) mass is 438 g/mol. The van der Waals surface area contributed by atoms with Crippen molar-refractivity contribution in [3.05, 3.63) is 70.9 Å². The molecule has 2 aromatic carbocycles. The third-order valence-electron chi connectivity index (χ3n) is 6.44. The van der Waals surface area contributed by atoms with E-state index in [-0.39, 0.29) is 36.8 Å². The molecule has 6 nitrogen and oxygen atoms in total. The Labute approximate surface area is 188 Å². The van der Waals surface area contributed by atoms with Crippen molar-refractivity contribution >= 4 is 35.1 Å². The second-order valence-corrected chi connectivity index (χ2v) is 8.32. The molecule has 1 saturated heterocycles. The fourth-order valence-corrected chi connectivity index (χ4v) is 4.80. The van der Waals surface area contributed by atoms with Crippen molar-refractivity contribution in [1.29, 1.82) is 0 Å². The first-order chi connectivity index (χ1) is 14.5. The van der Waals surface area contributed by atoms with Crippen LogP contribution in [0.5, 0.6) is 0 Å². The number of nitrogens with zero attached hydrogens (tertiary/aromatic N) is 3. The minimum atomic E-state index is -0.263. The molecule has 0 radical (unpaired) electrons. The van der Waals surface area contributed by atoms with Crippen LogP contribution in [0, 0.1) is 6.92 Å². The second kappa shape index (κ2) is 8.36. The van der Waals surface area contributed by atoms with Gasteiger partial charge in [-0.1, -0.05) is 36.4 Å². The number of piperazine rings is 1. The minimum absolute atomic E-state index is 0. The summed E-state index contributed by atoms with van der Waals surface area (Å²) in [7, 11) is 2.07. The van der Waals surface area contributed by atoms with Gasteiger partial charge in [0.05, 0.1) is 6.04 Å². The highest BCUT2D eigenvalue weighted by molar-refractivity contribution is 6.02. The number of amides is 2. The number of benzene rings is 2. The first-order valence-electron chi connectivity index (χ1n) is 10.5. The SMILES string of the molecule is Cc1[nH]c2ccccc2c1C1c2ccccc2C(=O)N1CC(=O)N1CCN(C)CC1.Cl. The van der Waals surface area contributed by atoms with Crippen LogP contribution in [0.4, 0.5) is 0 Å². The van der Waals surface area contributed by atoms with E-state index >= 15 is 0 Å². The van der Waals surface area contributed by atoms with Crippen LogP contribution in [-0.2, 0) is 4.79 Å². The van der Waals surface area contributed by atoms with E-state index in [1.807, 2.05) is 54.3 Å². The number of H-pyrrole nitrogens is 1. The highest BCUT2D eigenvalue weighted by Crippen LogP contribution is 2.42. The maximum Gasteiger partial charge on any atom is 0.255 e. The molecular weight excluding hydrogens is 412 g/mol. The Balaban J connectivity index is 0.00000231. The smallest absolute Gasteiger partial charge is 0.255 e. The summed E-state index contributed by atoms with van der Waals surface area (Å²) in [6.07, 6.45) is 0. The molecule has 7 heteroatoms. The predicted octanol–water partition coefficient (Wildman–Crippen LogP) is 3.22. The molecule has 2 aliphatic heterocycles. The average molecular weight is 439 g/mol. The summed E-state index contributed by atoms with van der Waals surface area (Å²) in [6.45, 7) is 5.29. The molecule has 3 aromatic rings. The van der Waals surface area contributed by atoms with Crippen LogP contribution in [0.1, 0.15) is 33.2 Å². The summed E-state index contributed by atoms with van der Waals surface area (Å²) in [5.74, 6) is -0.0468. The van der Waals surface area contributed by atoms with Gasteiger partial charge in [0.1, 0.15) is 6.54 Å². The number of hydrogen-bond acceptors (Lipinski definition) is 3. The maximum absolute atomic E-state index is 13.4. The fourth-order valence-electron chi connectivity index (χ4n) is 4.80. The number of aromatic amines is 1. The van der Waals surface area contributed by atoms with Gasteiger partial charge in [0.25, 0.3) is 5.91 Å². The lowest BCUT2D eigenvalue weighted by atomic mass is 9.95. The van der Waals surface area contributed by atoms with Crippen LogP contribution in [0.2, 0.25) is 0 Å². The number of halogens is 1. The quantitative estimate of drug-likeness (QED) is 0.683. The standard InChI is InChI=1S/C24H26N4O2.ClH/c1-16-22(19-9-5-6-10-20(19)25-16)23-17-7-3-4-8-18(17)24(30)28(23)15-21(29)27-13-11-26(2)12-14-27;/h3-10,23,25H,11-15H2,1-2H3;1H. The second-order valence-electron chi connectivity index (χ2n) is 8.32. The predicted molar refractivity (Wildman–Crippen MR) is 124 cm³/mol. The normalized spacial score (nSPS) is 18.9. The molecular formula is C24H27ClN4O2. The van der Waals surface area contributed by atoms with Crippen LogP contribution >= 0.6 is 12.4 Å². The molecule has 0 aliphatic carbocycles. The first-order valence-corrected chi connectivity index (χ1v) is 10.5. The number of carbonyl (C=O) groups is 2. The fraction of sp³-hybridized carbons (Fsp3) is 0.333. The Morgan fingerprint density at radius 1 is 1.03 bits per heavy atom. The summed E-state index contributed by atoms with van der Waals surface area (Å²) in [5, 5.41) is 1.10. The van der Waals surface area contributed by atoms with Crippen LogP contribution in [0.15, 0.2) is 48.5 Å². The van der Waals surface area contributed by atoms with Gasteiger partial charge in [-0.2, -0.15) is 0 Å². The molecule has 0 saturated carbocycles. The molecule has 0 bridgehead atoms. The number of carbonyl (C=O) groups excluding carboxylic acids is 2. The molecule has 0 spiro atoms. The lowest BCUT2D eigenvalue weighted by Gasteiger charge is -2.34. The summed E-state index contributed by atoms with van der Waals surface area (Å²) in [6, 6.07) is 15.6. The number of fused-ring (bicyclic) bond motifs is 2. The van der Waals surface area contributed by atoms with E-state index in [4.69, 9.17) is 0 Å². The lowest BCUT2D eigenvalue weighted by molar-refractivity contribution is -0.133. The molecule has 1 aromatic heterocycles. The van der Waals surface area contributed by atoms with Crippen molar-refractivity contribution in [2.24, 2.45) is 0 Å². The summed E-state index contributed by atoms with van der Waals surface area (Å²) >= 11 is 0. The van der Waals surface area contributed by atoms with Gasteiger partial charge < -0.3 is 19.7 Å². The van der Waals surface area contributed by atoms with Crippen molar-refractivity contribution in [2.75, 3.05) is 39.8 Å². The van der Waals surface area contributed by atoms with E-state index in [1.54, 1.807) is 4.90 Å². The zero-order valence-electron chi connectivity index (χ0n) is 17.8. The topological polar surface area (TPSA) is 59.7 Å². The van der Waals surface area contributed by atoms with Gasteiger partial charge >= 0.3 is 0 Å². The van der Waals surface area contributed by atoms with E-state index in [1.165, 1.54) is 0 Å². The van der Waals surface area contributed by atoms with Crippen LogP contribution < -0.4 is 0 Å².